The molecule has 2 fully saturated rings. The number of carbonyl (C=O) groups is 1. The molecule has 0 radical (unpaired) electrons. The molecule has 23 heavy (non-hydrogen) atoms. The molecule has 5 nitrogen and oxygen atoms in total. The van der Waals surface area contributed by atoms with E-state index in [1.54, 1.807) is 6.20 Å². The monoisotopic (exact) mass is 338 g/mol. The molecule has 0 aromatic carbocycles. The summed E-state index contributed by atoms with van der Waals surface area (Å²) in [5, 5.41) is 13.3. The van der Waals surface area contributed by atoms with Crippen LogP contribution in [0.5, 0.6) is 0 Å². The molecule has 1 amide bonds. The number of rotatable bonds is 6. The number of hydrogen-bond donors (Lipinski definition) is 2. The third kappa shape index (κ3) is 4.11. The van der Waals surface area contributed by atoms with Crippen LogP contribution in [0.2, 0.25) is 0 Å². The molecule has 1 aliphatic heterocycles. The highest BCUT2D eigenvalue weighted by Crippen LogP contribution is 2.38. The number of nitrogens with zero attached hydrogens (tertiary/aromatic N) is 1. The first-order chi connectivity index (χ1) is 11.2. The highest BCUT2D eigenvalue weighted by molar-refractivity contribution is 7.13. The number of hydrogen-bond acceptors (Lipinski definition) is 5. The van der Waals surface area contributed by atoms with Gasteiger partial charge in [0.05, 0.1) is 6.20 Å². The van der Waals surface area contributed by atoms with Gasteiger partial charge in [-0.1, -0.05) is 19.3 Å². The fraction of sp³-hybridized carbons (Fsp3) is 0.765. The second kappa shape index (κ2) is 7.73. The maximum Gasteiger partial charge on any atom is 0.263 e. The van der Waals surface area contributed by atoms with Crippen LogP contribution in [0, 0.1) is 5.41 Å². The smallest absolute Gasteiger partial charge is 0.263 e. The third-order valence-electron chi connectivity index (χ3n) is 5.13. The molecule has 1 aromatic rings. The molecular weight excluding hydrogens is 312 g/mol. The first-order valence-electron chi connectivity index (χ1n) is 8.69. The molecule has 0 bridgehead atoms. The Morgan fingerprint density at radius 3 is 2.91 bits per heavy atom. The summed E-state index contributed by atoms with van der Waals surface area (Å²) in [6.45, 7) is 1.63. The molecule has 128 valence electrons. The average molecular weight is 338 g/mol. The molecule has 1 aliphatic carbocycles. The largest absolute Gasteiger partial charge is 0.396 e. The molecule has 2 N–H and O–H groups in total. The Balaban J connectivity index is 1.57. The van der Waals surface area contributed by atoms with Crippen molar-refractivity contribution < 1.29 is 14.6 Å². The number of amides is 1. The summed E-state index contributed by atoms with van der Waals surface area (Å²) in [4.78, 5) is 17.4. The second-order valence-corrected chi connectivity index (χ2v) is 7.84. The predicted octanol–water partition coefficient (Wildman–Crippen LogP) is 3.06. The molecule has 1 aromatic heterocycles. The van der Waals surface area contributed by atoms with Gasteiger partial charge in [-0.3, -0.25) is 4.79 Å². The summed E-state index contributed by atoms with van der Waals surface area (Å²) in [6, 6.07) is 0. The number of ether oxygens (including phenoxy) is 1. The lowest BCUT2D eigenvalue weighted by molar-refractivity contribution is 0.0872. The van der Waals surface area contributed by atoms with Crippen LogP contribution >= 0.6 is 11.3 Å². The summed E-state index contributed by atoms with van der Waals surface area (Å²) in [7, 11) is 0. The Kier molecular flexibility index (Phi) is 5.67. The number of aliphatic hydroxyl groups excluding tert-OH is 1. The first-order valence-corrected chi connectivity index (χ1v) is 9.50. The van der Waals surface area contributed by atoms with Gasteiger partial charge in [-0.15, -0.1) is 11.3 Å². The summed E-state index contributed by atoms with van der Waals surface area (Å²) in [5.41, 5.74) is 0.0741. The number of carbonyl (C=O) groups excluding carboxylic acids is 1. The molecule has 2 heterocycles. The van der Waals surface area contributed by atoms with Crippen LogP contribution in [-0.2, 0) is 4.74 Å². The Bertz CT molecular complexity index is 514. The third-order valence-corrected chi connectivity index (χ3v) is 6.22. The maximum absolute atomic E-state index is 12.4. The van der Waals surface area contributed by atoms with E-state index in [0.29, 0.717) is 11.4 Å². The minimum Gasteiger partial charge on any atom is -0.396 e. The van der Waals surface area contributed by atoms with Crippen LogP contribution in [0.3, 0.4) is 0 Å². The van der Waals surface area contributed by atoms with Crippen molar-refractivity contribution in [3.63, 3.8) is 0 Å². The van der Waals surface area contributed by atoms with Crippen LogP contribution in [-0.4, -0.2) is 35.8 Å². The van der Waals surface area contributed by atoms with E-state index < -0.39 is 0 Å². The topological polar surface area (TPSA) is 71.5 Å². The zero-order chi connectivity index (χ0) is 16.1. The van der Waals surface area contributed by atoms with Gasteiger partial charge in [-0.2, -0.15) is 0 Å². The maximum atomic E-state index is 12.4. The molecule has 1 unspecified atom stereocenters. The lowest BCUT2D eigenvalue weighted by Gasteiger charge is -2.37. The lowest BCUT2D eigenvalue weighted by atomic mass is 9.72. The van der Waals surface area contributed by atoms with Crippen molar-refractivity contribution in [2.45, 2.75) is 57.5 Å². The molecule has 3 rings (SSSR count). The number of thiazole rings is 1. The van der Waals surface area contributed by atoms with Crippen molar-refractivity contribution in [3.8, 4) is 0 Å². The highest BCUT2D eigenvalue weighted by Gasteiger charge is 2.32. The Hall–Kier alpha value is -0.980. The Morgan fingerprint density at radius 2 is 2.22 bits per heavy atom. The van der Waals surface area contributed by atoms with E-state index in [0.717, 1.165) is 43.7 Å². The van der Waals surface area contributed by atoms with Gasteiger partial charge in [-0.25, -0.2) is 4.98 Å². The molecule has 1 atom stereocenters. The first kappa shape index (κ1) is 16.9. The van der Waals surface area contributed by atoms with Crippen molar-refractivity contribution in [2.75, 3.05) is 19.8 Å². The number of aromatic nitrogens is 1. The summed E-state index contributed by atoms with van der Waals surface area (Å²) >= 11 is 1.44. The second-order valence-electron chi connectivity index (χ2n) is 6.78. The Labute approximate surface area is 141 Å². The molecule has 1 saturated carbocycles. The van der Waals surface area contributed by atoms with E-state index in [4.69, 9.17) is 4.74 Å². The van der Waals surface area contributed by atoms with Gasteiger partial charge in [0.15, 0.2) is 0 Å². The van der Waals surface area contributed by atoms with Crippen molar-refractivity contribution in [1.29, 1.82) is 0 Å². The van der Waals surface area contributed by atoms with E-state index in [2.05, 4.69) is 10.3 Å². The minimum absolute atomic E-state index is 0.0466. The number of aliphatic hydroxyl groups is 1. The van der Waals surface area contributed by atoms with Crippen molar-refractivity contribution in [1.82, 2.24) is 10.3 Å². The van der Waals surface area contributed by atoms with Crippen LogP contribution < -0.4 is 5.32 Å². The standard InChI is InChI=1S/C17H26N2O3S/c20-9-8-17(6-2-1-3-7-17)12-19-15(21)14-11-18-16(23-14)13-5-4-10-22-13/h11,13,20H,1-10,12H2,(H,19,21). The van der Waals surface area contributed by atoms with Gasteiger partial charge in [0.1, 0.15) is 16.0 Å². The van der Waals surface area contributed by atoms with E-state index >= 15 is 0 Å². The summed E-state index contributed by atoms with van der Waals surface area (Å²) < 4.78 is 5.62. The fourth-order valence-corrected chi connectivity index (χ4v) is 4.64. The summed E-state index contributed by atoms with van der Waals surface area (Å²) in [6.07, 6.45) is 10.4. The fourth-order valence-electron chi connectivity index (χ4n) is 3.72. The van der Waals surface area contributed by atoms with Crippen LogP contribution in [0.1, 0.15) is 72.1 Å². The lowest BCUT2D eigenvalue weighted by Crippen LogP contribution is -2.39. The van der Waals surface area contributed by atoms with Crippen LogP contribution in [0.25, 0.3) is 0 Å². The van der Waals surface area contributed by atoms with E-state index in [9.17, 15) is 9.90 Å². The molecule has 2 aliphatic rings. The van der Waals surface area contributed by atoms with Crippen molar-refractivity contribution in [2.24, 2.45) is 5.41 Å². The van der Waals surface area contributed by atoms with Crippen LogP contribution in [0.4, 0.5) is 0 Å². The molecule has 1 saturated heterocycles. The number of nitrogens with one attached hydrogen (secondary N) is 1. The van der Waals surface area contributed by atoms with Gasteiger partial charge in [0.2, 0.25) is 0 Å². The normalized spacial score (nSPS) is 23.8. The van der Waals surface area contributed by atoms with Crippen LogP contribution in [0.15, 0.2) is 6.20 Å². The van der Waals surface area contributed by atoms with Gasteiger partial charge in [0, 0.05) is 19.8 Å². The van der Waals surface area contributed by atoms with E-state index in [1.807, 2.05) is 0 Å². The van der Waals surface area contributed by atoms with Gasteiger partial charge in [-0.05, 0) is 37.5 Å². The van der Waals surface area contributed by atoms with E-state index in [-0.39, 0.29) is 24.0 Å². The highest BCUT2D eigenvalue weighted by atomic mass is 32.1. The SMILES string of the molecule is O=C(NCC1(CCO)CCCCC1)c1cnc(C2CCCO2)s1. The van der Waals surface area contributed by atoms with Crippen molar-refractivity contribution >= 4 is 17.2 Å². The van der Waals surface area contributed by atoms with Gasteiger partial charge < -0.3 is 15.2 Å². The Morgan fingerprint density at radius 1 is 1.39 bits per heavy atom. The predicted molar refractivity (Wildman–Crippen MR) is 89.6 cm³/mol. The van der Waals surface area contributed by atoms with Gasteiger partial charge >= 0.3 is 0 Å². The van der Waals surface area contributed by atoms with E-state index in [1.165, 1.54) is 30.6 Å². The zero-order valence-electron chi connectivity index (χ0n) is 13.6. The zero-order valence-corrected chi connectivity index (χ0v) is 14.4. The molecule has 0 spiro atoms. The molecule has 6 heteroatoms. The quantitative estimate of drug-likeness (QED) is 0.836. The van der Waals surface area contributed by atoms with Crippen molar-refractivity contribution in [3.05, 3.63) is 16.1 Å². The molecular formula is C17H26N2O3S. The summed E-state index contributed by atoms with van der Waals surface area (Å²) in [5.74, 6) is -0.0466. The average Bonchev–Trinajstić information content (AvgIpc) is 3.25. The van der Waals surface area contributed by atoms with Gasteiger partial charge in [0.25, 0.3) is 5.91 Å². The minimum atomic E-state index is -0.0466.